The molecule has 0 bridgehead atoms. The monoisotopic (exact) mass is 365 g/mol. The Bertz CT molecular complexity index is 737. The maximum absolute atomic E-state index is 9.28. The summed E-state index contributed by atoms with van der Waals surface area (Å²) in [7, 11) is 2.23. The molecular weight excluding hydrogens is 334 g/mol. The van der Waals surface area contributed by atoms with Crippen LogP contribution in [0.25, 0.3) is 0 Å². The van der Waals surface area contributed by atoms with Crippen molar-refractivity contribution in [3.63, 3.8) is 0 Å². The molecule has 0 saturated carbocycles. The van der Waals surface area contributed by atoms with E-state index in [1.54, 1.807) is 6.26 Å². The van der Waals surface area contributed by atoms with Crippen LogP contribution in [-0.4, -0.2) is 42.5 Å². The predicted octanol–water partition coefficient (Wildman–Crippen LogP) is 4.29. The van der Waals surface area contributed by atoms with Crippen LogP contribution in [0.3, 0.4) is 0 Å². The van der Waals surface area contributed by atoms with Gasteiger partial charge >= 0.3 is 0 Å². The fraction of sp³-hybridized carbons (Fsp3) is 0.522. The Morgan fingerprint density at radius 2 is 2.00 bits per heavy atom. The predicted molar refractivity (Wildman–Crippen MR) is 108 cm³/mol. The largest absolute Gasteiger partial charge is 0.468 e. The molecule has 144 valence electrons. The summed E-state index contributed by atoms with van der Waals surface area (Å²) in [5.74, 6) is 1.48. The lowest BCUT2D eigenvalue weighted by molar-refractivity contribution is 0.0607. The van der Waals surface area contributed by atoms with Crippen molar-refractivity contribution in [3.8, 4) is 6.07 Å². The maximum atomic E-state index is 9.28. The van der Waals surface area contributed by atoms with Crippen LogP contribution in [0.4, 0.5) is 0 Å². The molecule has 27 heavy (non-hydrogen) atoms. The molecule has 0 radical (unpaired) electrons. The Labute approximate surface area is 163 Å². The van der Waals surface area contributed by atoms with Gasteiger partial charge in [-0.05, 0) is 50.4 Å². The third-order valence-electron chi connectivity index (χ3n) is 6.39. The minimum absolute atomic E-state index is 0.143. The van der Waals surface area contributed by atoms with E-state index in [4.69, 9.17) is 4.42 Å². The quantitative estimate of drug-likeness (QED) is 0.687. The number of hydrogen-bond acceptors (Lipinski definition) is 4. The standard InChI is InChI=1S/C23H31N3O/c1-19-17-25(3)20(2)16-23(19,21-8-5-4-6-9-21)11-13-26(14-12-24)18-22-10-7-15-27-22/h4-10,15,19-20H,11,13-14,16-18H2,1-3H3/t19-,20-,23+/m1/s1. The van der Waals surface area contributed by atoms with Gasteiger partial charge in [0.1, 0.15) is 5.76 Å². The Hall–Kier alpha value is -2.09. The maximum Gasteiger partial charge on any atom is 0.117 e. The van der Waals surface area contributed by atoms with Crippen molar-refractivity contribution >= 4 is 0 Å². The van der Waals surface area contributed by atoms with Gasteiger partial charge in [-0.3, -0.25) is 4.90 Å². The van der Waals surface area contributed by atoms with E-state index < -0.39 is 0 Å². The second kappa shape index (κ2) is 8.73. The molecule has 3 rings (SSSR count). The van der Waals surface area contributed by atoms with Crippen molar-refractivity contribution < 1.29 is 4.42 Å². The van der Waals surface area contributed by atoms with Gasteiger partial charge in [0.2, 0.25) is 0 Å². The van der Waals surface area contributed by atoms with Crippen LogP contribution < -0.4 is 0 Å². The molecule has 0 aliphatic carbocycles. The van der Waals surface area contributed by atoms with Crippen LogP contribution in [0.15, 0.2) is 53.1 Å². The van der Waals surface area contributed by atoms with Gasteiger partial charge < -0.3 is 9.32 Å². The average Bonchev–Trinajstić information content (AvgIpc) is 3.17. The fourth-order valence-electron chi connectivity index (χ4n) is 4.63. The van der Waals surface area contributed by atoms with Crippen LogP contribution in [0, 0.1) is 17.2 Å². The lowest BCUT2D eigenvalue weighted by Crippen LogP contribution is -2.52. The van der Waals surface area contributed by atoms with Crippen molar-refractivity contribution in [2.24, 2.45) is 5.92 Å². The molecule has 1 saturated heterocycles. The molecule has 0 unspecified atom stereocenters. The second-order valence-electron chi connectivity index (χ2n) is 8.11. The summed E-state index contributed by atoms with van der Waals surface area (Å²) in [4.78, 5) is 4.68. The topological polar surface area (TPSA) is 43.4 Å². The molecule has 1 aliphatic rings. The zero-order valence-electron chi connectivity index (χ0n) is 16.8. The third-order valence-corrected chi connectivity index (χ3v) is 6.39. The van der Waals surface area contributed by atoms with E-state index in [1.165, 1.54) is 5.56 Å². The van der Waals surface area contributed by atoms with Gasteiger partial charge in [-0.1, -0.05) is 37.3 Å². The number of benzene rings is 1. The molecular formula is C23H31N3O. The zero-order valence-corrected chi connectivity index (χ0v) is 16.8. The molecule has 0 spiro atoms. The van der Waals surface area contributed by atoms with Crippen LogP contribution in [0.1, 0.15) is 38.0 Å². The molecule has 1 aromatic carbocycles. The van der Waals surface area contributed by atoms with Gasteiger partial charge in [-0.15, -0.1) is 0 Å². The molecule has 0 amide bonds. The van der Waals surface area contributed by atoms with Crippen LogP contribution in [0.5, 0.6) is 0 Å². The Morgan fingerprint density at radius 3 is 2.67 bits per heavy atom. The van der Waals surface area contributed by atoms with Gasteiger partial charge in [0.15, 0.2) is 0 Å². The van der Waals surface area contributed by atoms with Crippen LogP contribution in [-0.2, 0) is 12.0 Å². The van der Waals surface area contributed by atoms with Gasteiger partial charge in [-0.25, -0.2) is 0 Å². The highest BCUT2D eigenvalue weighted by Crippen LogP contribution is 2.44. The minimum atomic E-state index is 0.143. The molecule has 1 fully saturated rings. The number of nitrogens with zero attached hydrogens (tertiary/aromatic N) is 3. The first kappa shape index (κ1) is 19.7. The average molecular weight is 366 g/mol. The highest BCUT2D eigenvalue weighted by molar-refractivity contribution is 5.28. The summed E-state index contributed by atoms with van der Waals surface area (Å²) >= 11 is 0. The van der Waals surface area contributed by atoms with E-state index in [0.717, 1.165) is 31.7 Å². The van der Waals surface area contributed by atoms with Crippen molar-refractivity contribution in [1.29, 1.82) is 5.26 Å². The number of likely N-dealkylation sites (tertiary alicyclic amines) is 1. The summed E-state index contributed by atoms with van der Waals surface area (Å²) in [6.45, 7) is 7.83. The molecule has 1 aromatic heterocycles. The normalized spacial score (nSPS) is 26.2. The number of nitriles is 1. The van der Waals surface area contributed by atoms with Crippen molar-refractivity contribution in [1.82, 2.24) is 9.80 Å². The highest BCUT2D eigenvalue weighted by Gasteiger charge is 2.43. The molecule has 2 aromatic rings. The smallest absolute Gasteiger partial charge is 0.117 e. The summed E-state index contributed by atoms with van der Waals surface area (Å²) in [5, 5.41) is 9.28. The summed E-state index contributed by atoms with van der Waals surface area (Å²) in [6.07, 6.45) is 3.90. The van der Waals surface area contributed by atoms with E-state index >= 15 is 0 Å². The second-order valence-corrected chi connectivity index (χ2v) is 8.11. The summed E-state index contributed by atoms with van der Waals surface area (Å²) in [6, 6.07) is 17.7. The Morgan fingerprint density at radius 1 is 1.22 bits per heavy atom. The van der Waals surface area contributed by atoms with Crippen molar-refractivity contribution in [2.45, 2.75) is 44.7 Å². The van der Waals surface area contributed by atoms with Crippen molar-refractivity contribution in [2.75, 3.05) is 26.7 Å². The lowest BCUT2D eigenvalue weighted by Gasteiger charge is -2.50. The van der Waals surface area contributed by atoms with E-state index in [2.05, 4.69) is 67.1 Å². The highest BCUT2D eigenvalue weighted by atomic mass is 16.3. The van der Waals surface area contributed by atoms with E-state index in [1.807, 2.05) is 12.1 Å². The third kappa shape index (κ3) is 4.43. The first-order valence-corrected chi connectivity index (χ1v) is 9.92. The number of furan rings is 1. The van der Waals surface area contributed by atoms with Gasteiger partial charge in [0, 0.05) is 24.5 Å². The molecule has 4 nitrogen and oxygen atoms in total. The van der Waals surface area contributed by atoms with E-state index in [-0.39, 0.29) is 5.41 Å². The Kier molecular flexibility index (Phi) is 6.36. The molecule has 3 atom stereocenters. The number of rotatable bonds is 7. The first-order valence-electron chi connectivity index (χ1n) is 9.92. The fourth-order valence-corrected chi connectivity index (χ4v) is 4.63. The summed E-state index contributed by atoms with van der Waals surface area (Å²) < 4.78 is 5.51. The van der Waals surface area contributed by atoms with Crippen LogP contribution >= 0.6 is 0 Å². The molecule has 1 aliphatic heterocycles. The van der Waals surface area contributed by atoms with E-state index in [0.29, 0.717) is 25.0 Å². The molecule has 0 N–H and O–H groups in total. The van der Waals surface area contributed by atoms with Crippen LogP contribution in [0.2, 0.25) is 0 Å². The van der Waals surface area contributed by atoms with Gasteiger partial charge in [0.25, 0.3) is 0 Å². The van der Waals surface area contributed by atoms with Gasteiger partial charge in [0.05, 0.1) is 25.4 Å². The van der Waals surface area contributed by atoms with Crippen molar-refractivity contribution in [3.05, 3.63) is 60.1 Å². The summed E-state index contributed by atoms with van der Waals surface area (Å²) in [5.41, 5.74) is 1.58. The van der Waals surface area contributed by atoms with Gasteiger partial charge in [-0.2, -0.15) is 5.26 Å². The first-order chi connectivity index (χ1) is 13.0. The number of piperidine rings is 1. The zero-order chi connectivity index (χ0) is 19.3. The molecule has 4 heteroatoms. The Balaban J connectivity index is 1.82. The minimum Gasteiger partial charge on any atom is -0.468 e. The SMILES string of the molecule is C[C@@H]1C[C@](CCN(CC#N)Cc2ccco2)(c2ccccc2)[C@H](C)CN1C. The molecule has 2 heterocycles. The number of hydrogen-bond donors (Lipinski definition) is 0. The lowest BCUT2D eigenvalue weighted by atomic mass is 9.63. The van der Waals surface area contributed by atoms with E-state index in [9.17, 15) is 5.26 Å².